The molecule has 0 aliphatic carbocycles. The lowest BCUT2D eigenvalue weighted by Gasteiger charge is -2.56. The second-order valence-electron chi connectivity index (χ2n) is 42.6. The van der Waals surface area contributed by atoms with E-state index in [2.05, 4.69) is 262 Å². The monoisotopic (exact) mass is 1850 g/mol. The summed E-state index contributed by atoms with van der Waals surface area (Å²) in [5.41, 5.74) is 0.955. The Balaban J connectivity index is 0.000000414. The molecular formula is C92H160Br2O16Si6. The number of allylic oxidation sites excluding steroid dienone is 1. The molecule has 4 aliphatic heterocycles. The number of benzene rings is 2. The molecule has 2 aromatic rings. The summed E-state index contributed by atoms with van der Waals surface area (Å²) in [7, 11) is -14.4. The van der Waals surface area contributed by atoms with E-state index < -0.39 is 117 Å². The number of ether oxygens (including phenoxy) is 6. The fourth-order valence-electron chi connectivity index (χ4n) is 13.4. The number of hydrogen-bond donors (Lipinski definition) is 1. The van der Waals surface area contributed by atoms with Crippen molar-refractivity contribution in [2.45, 2.75) is 441 Å². The highest BCUT2D eigenvalue weighted by Gasteiger charge is 2.60. The zero-order valence-electron chi connectivity index (χ0n) is 78.0. The van der Waals surface area contributed by atoms with Crippen molar-refractivity contribution in [2.75, 3.05) is 0 Å². The van der Waals surface area contributed by atoms with Gasteiger partial charge in [0.2, 0.25) is 0 Å². The van der Waals surface area contributed by atoms with Gasteiger partial charge in [-0.15, -0.1) is 0 Å². The molecule has 1 N–H and O–H groups in total. The summed E-state index contributed by atoms with van der Waals surface area (Å²) in [4.78, 5) is 39.8. The largest absolute Gasteiger partial charge is 0.458 e. The topological polar surface area (TPSA) is 182 Å². The van der Waals surface area contributed by atoms with Crippen LogP contribution in [-0.4, -0.2) is 177 Å². The Morgan fingerprint density at radius 1 is 0.448 bits per heavy atom. The Morgan fingerprint density at radius 2 is 0.767 bits per heavy atom. The second kappa shape index (κ2) is 42.7. The fourth-order valence-corrected chi connectivity index (χ4v) is 21.8. The number of carbonyl (C=O) groups is 3. The van der Waals surface area contributed by atoms with Crippen LogP contribution in [0.2, 0.25) is 109 Å². The molecule has 4 fully saturated rings. The van der Waals surface area contributed by atoms with E-state index in [0.29, 0.717) is 47.7 Å². The number of aliphatic hydroxyl groups excluding tert-OH is 1. The highest BCUT2D eigenvalue weighted by molar-refractivity contribution is 9.12. The summed E-state index contributed by atoms with van der Waals surface area (Å²) in [5, 5.41) is 11.2. The third-order valence-corrected chi connectivity index (χ3v) is 54.3. The van der Waals surface area contributed by atoms with Crippen molar-refractivity contribution in [1.82, 2.24) is 0 Å². The van der Waals surface area contributed by atoms with Crippen molar-refractivity contribution in [3.05, 3.63) is 118 Å². The maximum Gasteiger partial charge on any atom is 0.338 e. The molecule has 4 heterocycles. The molecule has 0 radical (unpaired) electrons. The highest BCUT2D eigenvalue weighted by atomic mass is 79.9. The average Bonchev–Trinajstić information content (AvgIpc) is 0.749. The Kier molecular flexibility index (Phi) is 38.4. The lowest BCUT2D eigenvalue weighted by molar-refractivity contribution is -0.267. The molecule has 0 saturated carbocycles. The highest BCUT2D eigenvalue weighted by Crippen LogP contribution is 2.51. The molecule has 6 rings (SSSR count). The summed E-state index contributed by atoms with van der Waals surface area (Å²) in [6.07, 6.45) is 10.9. The van der Waals surface area contributed by atoms with Crippen LogP contribution >= 0.6 is 31.9 Å². The number of esters is 2. The maximum absolute atomic E-state index is 13.9. The van der Waals surface area contributed by atoms with E-state index >= 15 is 0 Å². The van der Waals surface area contributed by atoms with Gasteiger partial charge in [0.25, 0.3) is 0 Å². The van der Waals surface area contributed by atoms with E-state index in [1.807, 2.05) is 42.5 Å². The van der Waals surface area contributed by atoms with Gasteiger partial charge in [-0.1, -0.05) is 251 Å². The lowest BCUT2D eigenvalue weighted by Crippen LogP contribution is -2.69. The van der Waals surface area contributed by atoms with Crippen LogP contribution in [0, 0.1) is 0 Å². The van der Waals surface area contributed by atoms with Crippen molar-refractivity contribution >= 4 is 99.5 Å². The predicted molar refractivity (Wildman–Crippen MR) is 500 cm³/mol. The van der Waals surface area contributed by atoms with Gasteiger partial charge in [-0.2, -0.15) is 0 Å². The van der Waals surface area contributed by atoms with E-state index in [1.165, 1.54) is 0 Å². The molecule has 1 unspecified atom stereocenters. The minimum atomic E-state index is -2.44. The number of ketones is 1. The van der Waals surface area contributed by atoms with E-state index in [9.17, 15) is 19.5 Å². The smallest absolute Gasteiger partial charge is 0.338 e. The van der Waals surface area contributed by atoms with Crippen LogP contribution in [0.4, 0.5) is 0 Å². The van der Waals surface area contributed by atoms with Crippen LogP contribution in [0.3, 0.4) is 0 Å². The summed E-state index contributed by atoms with van der Waals surface area (Å²) in [6, 6.07) is 17.9. The number of rotatable bonds is 36. The molecule has 0 spiro atoms. The second-order valence-corrected chi connectivity index (χ2v) is 73.4. The van der Waals surface area contributed by atoms with Crippen LogP contribution in [0.15, 0.2) is 107 Å². The Labute approximate surface area is 727 Å². The van der Waals surface area contributed by atoms with Crippen molar-refractivity contribution in [3.63, 3.8) is 0 Å². The SMILES string of the molecule is C=C(Br)C[C@@H](CCC(=O)/C=C/[C@H](O[Si](C)(C)C(C)(C)C)[C@@H]1O[C@H]2CC[C@H](CCC)O[C@@H]2[C@H](O[Si](C)(C)C(C)(C)C)[C@@H]1O[Si](C)(C)C(C)(C)C)OC(=O)c1ccccc1.C=C(Br)C[C@@H](CCC(O)/C=C/[C@H](O[Si](C)(C)C(C)(C)C)[C@@H]1O[C@H]2CC[C@H](CCC)O[C@@H]2[C@H](O[Si](C)(C)C(C)(C)C)[C@@H]1O[Si](C)(C)C(C)(C)C)OC(=O)c1ccccc1. The van der Waals surface area contributed by atoms with Crippen LogP contribution in [0.25, 0.3) is 0 Å². The number of halogens is 2. The summed E-state index contributed by atoms with van der Waals surface area (Å²) in [6.45, 7) is 80.5. The Morgan fingerprint density at radius 3 is 1.09 bits per heavy atom. The van der Waals surface area contributed by atoms with Crippen molar-refractivity contribution in [1.29, 1.82) is 0 Å². The first-order valence-corrected chi connectivity index (χ1v) is 62.5. The van der Waals surface area contributed by atoms with Crippen molar-refractivity contribution in [3.8, 4) is 0 Å². The van der Waals surface area contributed by atoms with Gasteiger partial charge in [0, 0.05) is 19.3 Å². The molecule has 4 saturated heterocycles. The zero-order chi connectivity index (χ0) is 88.1. The van der Waals surface area contributed by atoms with E-state index in [1.54, 1.807) is 42.5 Å². The molecular weight excluding hydrogens is 1690 g/mol. The number of aliphatic hydroxyl groups is 1. The minimum absolute atomic E-state index is 0.0369. The van der Waals surface area contributed by atoms with Crippen LogP contribution in [0.5, 0.6) is 0 Å². The van der Waals surface area contributed by atoms with Crippen LogP contribution < -0.4 is 0 Å². The molecule has 16 nitrogen and oxygen atoms in total. The quantitative estimate of drug-likeness (QED) is 0.0294. The van der Waals surface area contributed by atoms with Gasteiger partial charge in [0.05, 0.1) is 53.9 Å². The third kappa shape index (κ3) is 30.0. The van der Waals surface area contributed by atoms with Crippen LogP contribution in [-0.2, 0) is 59.8 Å². The van der Waals surface area contributed by atoms with Gasteiger partial charge in [-0.05, 0) is 206 Å². The van der Waals surface area contributed by atoms with Crippen LogP contribution in [0.1, 0.15) is 249 Å². The number of carbonyl (C=O) groups excluding carboxylic acids is 3. The molecule has 0 bridgehead atoms. The van der Waals surface area contributed by atoms with E-state index in [0.717, 1.165) is 55.8 Å². The summed E-state index contributed by atoms with van der Waals surface area (Å²) < 4.78 is 86.7. The molecule has 2 aromatic carbocycles. The molecule has 0 amide bonds. The van der Waals surface area contributed by atoms with E-state index in [-0.39, 0.29) is 91.3 Å². The van der Waals surface area contributed by atoms with Gasteiger partial charge < -0.3 is 60.1 Å². The van der Waals surface area contributed by atoms with Crippen molar-refractivity contribution < 1.29 is 74.5 Å². The first-order chi connectivity index (χ1) is 53.0. The Bertz CT molecular complexity index is 3490. The lowest BCUT2D eigenvalue weighted by atomic mass is 9.87. The van der Waals surface area contributed by atoms with Gasteiger partial charge in [0.1, 0.15) is 61.0 Å². The summed E-state index contributed by atoms with van der Waals surface area (Å²) in [5.74, 6) is -0.902. The first kappa shape index (κ1) is 104. The summed E-state index contributed by atoms with van der Waals surface area (Å²) >= 11 is 6.89. The molecule has 17 atom stereocenters. The molecule has 0 aromatic heterocycles. The molecule has 24 heteroatoms. The number of hydrogen-bond acceptors (Lipinski definition) is 16. The van der Waals surface area contributed by atoms with Gasteiger partial charge in [0.15, 0.2) is 55.7 Å². The first-order valence-electron chi connectivity index (χ1n) is 43.4. The number of fused-ring (bicyclic) bond motifs is 2. The average molecular weight is 1850 g/mol. The van der Waals surface area contributed by atoms with E-state index in [4.69, 9.17) is 55.0 Å². The third-order valence-electron chi connectivity index (χ3n) is 26.8. The predicted octanol–water partition coefficient (Wildman–Crippen LogP) is 25.2. The zero-order valence-corrected chi connectivity index (χ0v) is 87.2. The Hall–Kier alpha value is -2.17. The van der Waals surface area contributed by atoms with Gasteiger partial charge >= 0.3 is 11.9 Å². The maximum atomic E-state index is 13.9. The van der Waals surface area contributed by atoms with Gasteiger partial charge in [-0.3, -0.25) is 4.79 Å². The standard InChI is InChI=1S/C46H81BrO8Si3.C46H79BrO8Si3/c2*1-18-22-35-28-30-37-39(50-35)41(54-57(14,15)45(6,7)8)42(55-58(16,17)46(9,10)11)40(52-37)38(53-56(12,13)44(3,4)5)29-26-34(48)25-27-36(31-32(2)47)51-43(49)33-23-20-19-21-24-33/h19-21,23-24,26,29,34-42,48H,2,18,22,25,27-28,30-31H2,1,3-17H3;19-21,23-24,26,29,35-42H,2,18,22,25,27-28,30-31H2,1,3-17H3/b2*29-26+/t34?,35-,36+,37-,38-,39-,40-,41-,42+;35-,36+,37-,38-,39-,40-,41-,42+/m00/s1. The molecule has 116 heavy (non-hydrogen) atoms. The fraction of sp³-hybridized carbons (Fsp3) is 0.750. The molecule has 662 valence electrons. The normalized spacial score (nSPS) is 25.2. The van der Waals surface area contributed by atoms with Gasteiger partial charge in [-0.25, -0.2) is 9.59 Å². The van der Waals surface area contributed by atoms with Crippen molar-refractivity contribution in [2.24, 2.45) is 0 Å². The molecule has 4 aliphatic rings. The minimum Gasteiger partial charge on any atom is -0.458 e.